The van der Waals surface area contributed by atoms with E-state index in [2.05, 4.69) is 26.0 Å². The van der Waals surface area contributed by atoms with Crippen LogP contribution in [-0.4, -0.2) is 14.8 Å². The maximum absolute atomic E-state index is 7.21. The lowest BCUT2D eigenvalue weighted by Gasteiger charge is -1.99. The van der Waals surface area contributed by atoms with E-state index in [-0.39, 0.29) is 0 Å². The molecular formula is C9H9BrN4. The fraction of sp³-hybridized carbons (Fsp3) is 0.111. The van der Waals surface area contributed by atoms with Gasteiger partial charge in [0.05, 0.1) is 10.7 Å². The van der Waals surface area contributed by atoms with Crippen molar-refractivity contribution in [1.82, 2.24) is 14.8 Å². The van der Waals surface area contributed by atoms with Crippen LogP contribution in [-0.2, 0) is 6.98 Å². The fourth-order valence-corrected chi connectivity index (χ4v) is 1.43. The highest BCUT2D eigenvalue weighted by molar-refractivity contribution is 9.10. The number of aromatic nitrogens is 3. The highest BCUT2D eigenvalue weighted by Gasteiger charge is 2.03. The number of rotatable bonds is 1. The van der Waals surface area contributed by atoms with Crippen molar-refractivity contribution in [2.45, 2.75) is 0 Å². The lowest BCUT2D eigenvalue weighted by molar-refractivity contribution is 0.768. The summed E-state index contributed by atoms with van der Waals surface area (Å²) in [5, 5.41) is 3.80. The summed E-state index contributed by atoms with van der Waals surface area (Å²) in [7, 11) is 0. The Morgan fingerprint density at radius 3 is 3.00 bits per heavy atom. The molecule has 2 rings (SSSR count). The van der Waals surface area contributed by atoms with Crippen molar-refractivity contribution in [3.05, 3.63) is 29.1 Å². The Morgan fingerprint density at radius 2 is 2.36 bits per heavy atom. The second-order valence-electron chi connectivity index (χ2n) is 2.76. The number of nitrogens with zero attached hydrogens (tertiary/aromatic N) is 3. The molecule has 0 aliphatic rings. The van der Waals surface area contributed by atoms with Gasteiger partial charge in [0.1, 0.15) is 5.82 Å². The Balaban J connectivity index is 2.40. The topological polar surface area (TPSA) is 56.7 Å². The number of nitrogen functional groups attached to an aromatic ring is 1. The summed E-state index contributed by atoms with van der Waals surface area (Å²) >= 11 is 3.26. The van der Waals surface area contributed by atoms with E-state index in [9.17, 15) is 0 Å². The Labute approximate surface area is 94.1 Å². The second-order valence-corrected chi connectivity index (χ2v) is 3.62. The van der Waals surface area contributed by atoms with Crippen molar-refractivity contribution >= 4 is 21.7 Å². The molecule has 4 nitrogen and oxygen atoms in total. The average Bonchev–Trinajstić information content (AvgIpc) is 2.70. The van der Waals surface area contributed by atoms with Crippen molar-refractivity contribution < 1.29 is 4.11 Å². The molecule has 2 aromatic heterocycles. The van der Waals surface area contributed by atoms with Gasteiger partial charge in [0.25, 0.3) is 0 Å². The van der Waals surface area contributed by atoms with Crippen molar-refractivity contribution in [3.8, 4) is 11.1 Å². The van der Waals surface area contributed by atoms with Crippen LogP contribution in [0.3, 0.4) is 0 Å². The third kappa shape index (κ3) is 1.63. The van der Waals surface area contributed by atoms with E-state index in [4.69, 9.17) is 9.85 Å². The van der Waals surface area contributed by atoms with Crippen LogP contribution < -0.4 is 5.73 Å². The van der Waals surface area contributed by atoms with Gasteiger partial charge in [-0.1, -0.05) is 0 Å². The first kappa shape index (κ1) is 6.19. The molecule has 0 aromatic carbocycles. The molecule has 5 heteroatoms. The van der Waals surface area contributed by atoms with Crippen molar-refractivity contribution in [2.75, 3.05) is 5.73 Å². The van der Waals surface area contributed by atoms with Gasteiger partial charge >= 0.3 is 0 Å². The van der Waals surface area contributed by atoms with Gasteiger partial charge in [0.2, 0.25) is 0 Å². The second kappa shape index (κ2) is 3.42. The molecule has 0 amide bonds. The largest absolute Gasteiger partial charge is 0.383 e. The third-order valence-corrected chi connectivity index (χ3v) is 2.42. The van der Waals surface area contributed by atoms with Crippen molar-refractivity contribution in [1.29, 1.82) is 0 Å². The number of hydrogen-bond donors (Lipinski definition) is 1. The maximum atomic E-state index is 7.21. The molecular weight excluding hydrogens is 244 g/mol. The molecule has 14 heavy (non-hydrogen) atoms. The minimum absolute atomic E-state index is 0.386. The quantitative estimate of drug-likeness (QED) is 0.846. The number of anilines is 1. The van der Waals surface area contributed by atoms with Gasteiger partial charge in [-0.05, 0) is 22.0 Å². The number of halogens is 1. The van der Waals surface area contributed by atoms with E-state index in [0.717, 1.165) is 10.2 Å². The van der Waals surface area contributed by atoms with Crippen LogP contribution in [0.25, 0.3) is 11.1 Å². The van der Waals surface area contributed by atoms with Crippen LogP contribution in [0.2, 0.25) is 0 Å². The van der Waals surface area contributed by atoms with Gasteiger partial charge in [-0.15, -0.1) is 0 Å². The third-order valence-electron chi connectivity index (χ3n) is 1.79. The summed E-state index contributed by atoms with van der Waals surface area (Å²) in [6.45, 7) is -2.27. The van der Waals surface area contributed by atoms with Crippen LogP contribution in [0.1, 0.15) is 4.11 Å². The molecule has 2 N–H and O–H groups in total. The SMILES string of the molecule is [2H]C([2H])([2H])n1cc(-c2cnc(N)c(Br)c2)cn1. The molecule has 0 spiro atoms. The standard InChI is InChI=1S/C9H9BrN4/c1-14-5-7(4-13-14)6-2-8(10)9(11)12-3-6/h2-5H,1H3,(H2,11,12)/i1D3. The van der Waals surface area contributed by atoms with E-state index in [0.29, 0.717) is 15.9 Å². The summed E-state index contributed by atoms with van der Waals surface area (Å²) in [6.07, 6.45) is 4.50. The normalized spacial score (nSPS) is 14.5. The summed E-state index contributed by atoms with van der Waals surface area (Å²) in [4.78, 5) is 3.98. The van der Waals surface area contributed by atoms with Crippen LogP contribution in [0.15, 0.2) is 29.1 Å². The molecule has 0 radical (unpaired) electrons. The molecule has 0 bridgehead atoms. The summed E-state index contributed by atoms with van der Waals surface area (Å²) in [6, 6.07) is 1.77. The zero-order valence-corrected chi connectivity index (χ0v) is 8.69. The lowest BCUT2D eigenvalue weighted by atomic mass is 10.2. The minimum Gasteiger partial charge on any atom is -0.383 e. The van der Waals surface area contributed by atoms with Crippen molar-refractivity contribution in [3.63, 3.8) is 0 Å². The summed E-state index contributed by atoms with van der Waals surface area (Å²) in [5.41, 5.74) is 7.00. The summed E-state index contributed by atoms with van der Waals surface area (Å²) < 4.78 is 23.2. The highest BCUT2D eigenvalue weighted by atomic mass is 79.9. The van der Waals surface area contributed by atoms with Crippen molar-refractivity contribution in [2.24, 2.45) is 6.98 Å². The predicted molar refractivity (Wildman–Crippen MR) is 58.6 cm³/mol. The Kier molecular flexibility index (Phi) is 1.51. The Morgan fingerprint density at radius 1 is 1.50 bits per heavy atom. The lowest BCUT2D eigenvalue weighted by Crippen LogP contribution is -1.91. The smallest absolute Gasteiger partial charge is 0.137 e. The molecule has 0 atom stereocenters. The van der Waals surface area contributed by atoms with E-state index in [1.165, 1.54) is 12.4 Å². The first-order valence-corrected chi connectivity index (χ1v) is 4.64. The molecule has 2 heterocycles. The Hall–Kier alpha value is -1.36. The maximum Gasteiger partial charge on any atom is 0.137 e. The molecule has 0 unspecified atom stereocenters. The molecule has 0 fully saturated rings. The van der Waals surface area contributed by atoms with Crippen LogP contribution in [0.5, 0.6) is 0 Å². The number of nitrogens with two attached hydrogens (primary N) is 1. The average molecular weight is 256 g/mol. The van der Waals surface area contributed by atoms with E-state index in [1.807, 2.05) is 0 Å². The first-order chi connectivity index (χ1) is 7.88. The van der Waals surface area contributed by atoms with Gasteiger partial charge in [0, 0.05) is 34.6 Å². The molecule has 0 saturated carbocycles. The number of aryl methyl sites for hydroxylation is 1. The highest BCUT2D eigenvalue weighted by Crippen LogP contribution is 2.24. The number of pyridine rings is 1. The number of hydrogen-bond acceptors (Lipinski definition) is 3. The molecule has 0 saturated heterocycles. The first-order valence-electron chi connectivity index (χ1n) is 5.34. The van der Waals surface area contributed by atoms with Gasteiger partial charge in [-0.2, -0.15) is 5.10 Å². The van der Waals surface area contributed by atoms with Gasteiger partial charge in [-0.25, -0.2) is 4.98 Å². The van der Waals surface area contributed by atoms with Gasteiger partial charge < -0.3 is 5.73 Å². The monoisotopic (exact) mass is 255 g/mol. The summed E-state index contributed by atoms with van der Waals surface area (Å²) in [5.74, 6) is 0.386. The molecule has 72 valence electrons. The van der Waals surface area contributed by atoms with E-state index < -0.39 is 6.98 Å². The van der Waals surface area contributed by atoms with E-state index in [1.54, 1.807) is 12.3 Å². The molecule has 0 aliphatic carbocycles. The zero-order chi connectivity index (χ0) is 12.6. The van der Waals surface area contributed by atoms with Gasteiger partial charge in [-0.3, -0.25) is 4.68 Å². The van der Waals surface area contributed by atoms with Gasteiger partial charge in [0.15, 0.2) is 0 Å². The molecule has 0 aliphatic heterocycles. The van der Waals surface area contributed by atoms with Crippen LogP contribution >= 0.6 is 15.9 Å². The fourth-order valence-electron chi connectivity index (χ4n) is 1.08. The predicted octanol–water partition coefficient (Wildman–Crippen LogP) is 1.83. The zero-order valence-electron chi connectivity index (χ0n) is 10.1. The van der Waals surface area contributed by atoms with Crippen LogP contribution in [0.4, 0.5) is 5.82 Å². The minimum atomic E-state index is -2.27. The molecule has 2 aromatic rings. The van der Waals surface area contributed by atoms with E-state index >= 15 is 0 Å². The van der Waals surface area contributed by atoms with Crippen LogP contribution in [0, 0.1) is 0 Å². The Bertz CT molecular complexity index is 549.